The number of carbonyl (C=O) groups excluding carboxylic acids is 1. The van der Waals surface area contributed by atoms with Crippen molar-refractivity contribution in [1.82, 2.24) is 0 Å². The molecule has 9 nitrogen and oxygen atoms in total. The van der Waals surface area contributed by atoms with E-state index in [0.717, 1.165) is 6.08 Å². The highest BCUT2D eigenvalue weighted by Gasteiger charge is 2.24. The number of carboxylic acid groups (broad SMARTS) is 1. The number of benzene rings is 2. The molecule has 0 saturated carbocycles. The van der Waals surface area contributed by atoms with E-state index in [2.05, 4.69) is 5.32 Å². The number of hydrogen-bond acceptors (Lipinski definition) is 7. The van der Waals surface area contributed by atoms with Crippen LogP contribution in [0.4, 0.5) is 10.5 Å². The van der Waals surface area contributed by atoms with Crippen molar-refractivity contribution in [3.05, 3.63) is 54.1 Å². The van der Waals surface area contributed by atoms with E-state index < -0.39 is 24.1 Å². The highest BCUT2D eigenvalue weighted by atomic mass is 16.7. The summed E-state index contributed by atoms with van der Waals surface area (Å²) in [6.45, 7) is 1.80. The van der Waals surface area contributed by atoms with Crippen LogP contribution in [0.5, 0.6) is 23.0 Å². The van der Waals surface area contributed by atoms with Gasteiger partial charge in [-0.15, -0.1) is 0 Å². The Morgan fingerprint density at radius 2 is 1.93 bits per heavy atom. The Hall–Kier alpha value is -3.88. The number of amides is 1. The highest BCUT2D eigenvalue weighted by Crippen LogP contribution is 2.36. The van der Waals surface area contributed by atoms with Crippen molar-refractivity contribution in [2.24, 2.45) is 5.92 Å². The highest BCUT2D eigenvalue weighted by molar-refractivity contribution is 5.85. The third-order valence-corrected chi connectivity index (χ3v) is 4.40. The third-order valence-electron chi connectivity index (χ3n) is 4.40. The molecule has 0 spiro atoms. The van der Waals surface area contributed by atoms with Gasteiger partial charge in [0.15, 0.2) is 23.0 Å². The SMILES string of the molecule is COc1ccc([C@H](OC(=O)Nc2ccc3c(c2)OCO3)[C@@H](C)/C=C/C(=O)O)cc1O. The normalized spacial score (nSPS) is 14.2. The molecule has 0 aromatic heterocycles. The quantitative estimate of drug-likeness (QED) is 0.585. The van der Waals surface area contributed by atoms with Gasteiger partial charge in [0.2, 0.25) is 6.79 Å². The molecule has 3 N–H and O–H groups in total. The van der Waals surface area contributed by atoms with Crippen LogP contribution in [0.15, 0.2) is 48.6 Å². The number of rotatable bonds is 7. The first kappa shape index (κ1) is 20.8. The first-order chi connectivity index (χ1) is 14.4. The molecule has 0 fully saturated rings. The average molecular weight is 415 g/mol. The molecule has 0 bridgehead atoms. The summed E-state index contributed by atoms with van der Waals surface area (Å²) in [5.41, 5.74) is 0.908. The minimum Gasteiger partial charge on any atom is -0.504 e. The molecule has 2 atom stereocenters. The van der Waals surface area contributed by atoms with Gasteiger partial charge in [-0.05, 0) is 29.8 Å². The zero-order valence-electron chi connectivity index (χ0n) is 16.3. The largest absolute Gasteiger partial charge is 0.504 e. The number of carboxylic acids is 1. The molecule has 0 aliphatic carbocycles. The average Bonchev–Trinajstić information content (AvgIpc) is 3.18. The Labute approximate surface area is 172 Å². The monoisotopic (exact) mass is 415 g/mol. The number of phenolic OH excluding ortho intramolecular Hbond substituents is 1. The number of nitrogens with one attached hydrogen (secondary N) is 1. The van der Waals surface area contributed by atoms with Gasteiger partial charge in [-0.1, -0.05) is 19.1 Å². The molecule has 2 aromatic rings. The molecule has 30 heavy (non-hydrogen) atoms. The lowest BCUT2D eigenvalue weighted by Crippen LogP contribution is -2.21. The Kier molecular flexibility index (Phi) is 6.31. The van der Waals surface area contributed by atoms with Crippen LogP contribution in [0.1, 0.15) is 18.6 Å². The number of fused-ring (bicyclic) bond motifs is 1. The van der Waals surface area contributed by atoms with E-state index in [1.807, 2.05) is 0 Å². The van der Waals surface area contributed by atoms with Crippen molar-refractivity contribution >= 4 is 17.7 Å². The third kappa shape index (κ3) is 4.93. The maximum atomic E-state index is 12.5. The zero-order valence-corrected chi connectivity index (χ0v) is 16.3. The van der Waals surface area contributed by atoms with Crippen LogP contribution in [0.3, 0.4) is 0 Å². The molecule has 0 saturated heterocycles. The first-order valence-electron chi connectivity index (χ1n) is 9.02. The summed E-state index contributed by atoms with van der Waals surface area (Å²) < 4.78 is 21.1. The van der Waals surface area contributed by atoms with Gasteiger partial charge < -0.3 is 29.2 Å². The van der Waals surface area contributed by atoms with Gasteiger partial charge in [-0.3, -0.25) is 5.32 Å². The van der Waals surface area contributed by atoms with Crippen LogP contribution in [0.25, 0.3) is 0 Å². The molecule has 1 aliphatic heterocycles. The molecule has 0 radical (unpaired) electrons. The topological polar surface area (TPSA) is 124 Å². The fraction of sp³-hybridized carbons (Fsp3) is 0.238. The maximum Gasteiger partial charge on any atom is 0.412 e. The maximum absolute atomic E-state index is 12.5. The lowest BCUT2D eigenvalue weighted by atomic mass is 9.96. The Morgan fingerprint density at radius 3 is 2.63 bits per heavy atom. The van der Waals surface area contributed by atoms with E-state index >= 15 is 0 Å². The van der Waals surface area contributed by atoms with Crippen molar-refractivity contribution in [2.75, 3.05) is 19.2 Å². The summed E-state index contributed by atoms with van der Waals surface area (Å²) in [7, 11) is 1.42. The van der Waals surface area contributed by atoms with Gasteiger partial charge >= 0.3 is 12.1 Å². The summed E-state index contributed by atoms with van der Waals surface area (Å²) in [4.78, 5) is 23.4. The number of methoxy groups -OCH3 is 1. The molecular weight excluding hydrogens is 394 g/mol. The molecule has 2 aromatic carbocycles. The Morgan fingerprint density at radius 1 is 1.17 bits per heavy atom. The van der Waals surface area contributed by atoms with Crippen molar-refractivity contribution in [1.29, 1.82) is 0 Å². The molecular formula is C21H21NO8. The summed E-state index contributed by atoms with van der Waals surface area (Å²) in [6, 6.07) is 9.46. The van der Waals surface area contributed by atoms with Gasteiger partial charge in [-0.2, -0.15) is 0 Å². The minimum atomic E-state index is -1.12. The van der Waals surface area contributed by atoms with Crippen LogP contribution in [-0.2, 0) is 9.53 Å². The molecule has 1 amide bonds. The summed E-state index contributed by atoms with van der Waals surface area (Å²) in [5, 5.41) is 21.6. The summed E-state index contributed by atoms with van der Waals surface area (Å²) in [6.07, 6.45) is 0.749. The van der Waals surface area contributed by atoms with Crippen LogP contribution in [0.2, 0.25) is 0 Å². The van der Waals surface area contributed by atoms with Crippen molar-refractivity contribution in [2.45, 2.75) is 13.0 Å². The van der Waals surface area contributed by atoms with Crippen LogP contribution in [0, 0.1) is 5.92 Å². The van der Waals surface area contributed by atoms with Crippen molar-refractivity contribution in [3.8, 4) is 23.0 Å². The van der Waals surface area contributed by atoms with Crippen LogP contribution < -0.4 is 19.5 Å². The number of phenols is 1. The van der Waals surface area contributed by atoms with Crippen molar-refractivity contribution in [3.63, 3.8) is 0 Å². The predicted molar refractivity (Wildman–Crippen MR) is 106 cm³/mol. The Balaban J connectivity index is 1.79. The number of ether oxygens (including phenoxy) is 4. The second kappa shape index (κ2) is 9.08. The summed E-state index contributed by atoms with van der Waals surface area (Å²) >= 11 is 0. The molecule has 1 aliphatic rings. The number of hydrogen-bond donors (Lipinski definition) is 3. The van der Waals surface area contributed by atoms with Gasteiger partial charge in [0.05, 0.1) is 7.11 Å². The number of anilines is 1. The molecule has 158 valence electrons. The van der Waals surface area contributed by atoms with E-state index in [9.17, 15) is 14.7 Å². The van der Waals surface area contributed by atoms with E-state index in [0.29, 0.717) is 22.7 Å². The zero-order chi connectivity index (χ0) is 21.7. The fourth-order valence-corrected chi connectivity index (χ4v) is 2.93. The van der Waals surface area contributed by atoms with E-state index in [-0.39, 0.29) is 18.3 Å². The number of carbonyl (C=O) groups is 2. The molecule has 3 rings (SSSR count). The fourth-order valence-electron chi connectivity index (χ4n) is 2.93. The van der Waals surface area contributed by atoms with E-state index in [1.165, 1.54) is 25.3 Å². The second-order valence-corrected chi connectivity index (χ2v) is 6.51. The van der Waals surface area contributed by atoms with E-state index in [1.54, 1.807) is 31.2 Å². The standard InChI is InChI=1S/C21H21NO8/c1-12(3-8-19(24)25)20(13-4-6-16(27-2)15(23)9-13)30-21(26)22-14-5-7-17-18(10-14)29-11-28-17/h3-10,12,20,23H,11H2,1-2H3,(H,22,26)(H,24,25)/b8-3+/t12-,20+/m0/s1. The van der Waals surface area contributed by atoms with Crippen LogP contribution >= 0.6 is 0 Å². The lowest BCUT2D eigenvalue weighted by Gasteiger charge is -2.23. The van der Waals surface area contributed by atoms with Crippen LogP contribution in [-0.4, -0.2) is 36.2 Å². The van der Waals surface area contributed by atoms with Gasteiger partial charge in [0.25, 0.3) is 0 Å². The van der Waals surface area contributed by atoms with Crippen molar-refractivity contribution < 1.29 is 38.7 Å². The summed E-state index contributed by atoms with van der Waals surface area (Å²) in [5.74, 6) is -0.417. The molecule has 0 unspecified atom stereocenters. The first-order valence-corrected chi connectivity index (χ1v) is 9.02. The van der Waals surface area contributed by atoms with E-state index in [4.69, 9.17) is 24.1 Å². The smallest absolute Gasteiger partial charge is 0.412 e. The van der Waals surface area contributed by atoms with Gasteiger partial charge in [-0.25, -0.2) is 9.59 Å². The molecule has 9 heteroatoms. The minimum absolute atomic E-state index is 0.111. The van der Waals surface area contributed by atoms with Gasteiger partial charge in [0.1, 0.15) is 6.10 Å². The lowest BCUT2D eigenvalue weighted by molar-refractivity contribution is -0.131. The second-order valence-electron chi connectivity index (χ2n) is 6.51. The predicted octanol–water partition coefficient (Wildman–Crippen LogP) is 3.70. The Bertz CT molecular complexity index is 971. The number of aliphatic carboxylic acids is 1. The van der Waals surface area contributed by atoms with Gasteiger partial charge in [0, 0.05) is 23.7 Å². The number of aromatic hydroxyl groups is 1. The molecule has 1 heterocycles.